The maximum Gasteiger partial charge on any atom is 0.271 e. The van der Waals surface area contributed by atoms with Crippen LogP contribution in [0.4, 0.5) is 0 Å². The highest BCUT2D eigenvalue weighted by Gasteiger charge is 2.07. The summed E-state index contributed by atoms with van der Waals surface area (Å²) in [5.41, 5.74) is 8.21. The Morgan fingerprint density at radius 2 is 1.08 bits per heavy atom. The monoisotopic (exact) mass is 494 g/mol. The summed E-state index contributed by atoms with van der Waals surface area (Å²) in [6.07, 6.45) is 9.23. The number of rotatable bonds is 8. The van der Waals surface area contributed by atoms with Crippen molar-refractivity contribution in [1.82, 2.24) is 20.8 Å². The SMILES string of the molecule is O=C(N/N=C/c1cc(Cc2ccc(O)c(/C=N/NC(=O)c3ccncc3)c2)ccc1O)c1ccncc1. The minimum absolute atomic E-state index is 0.00845. The van der Waals surface area contributed by atoms with Crippen LogP contribution in [0.2, 0.25) is 0 Å². The number of hydrazone groups is 2. The first-order chi connectivity index (χ1) is 18.0. The number of nitrogens with one attached hydrogen (secondary N) is 2. The molecule has 2 aromatic heterocycles. The van der Waals surface area contributed by atoms with E-state index < -0.39 is 11.8 Å². The van der Waals surface area contributed by atoms with E-state index in [4.69, 9.17) is 0 Å². The molecule has 0 bridgehead atoms. The number of carbonyl (C=O) groups is 2. The molecule has 37 heavy (non-hydrogen) atoms. The number of aromatic nitrogens is 2. The second-order valence-corrected chi connectivity index (χ2v) is 7.83. The highest BCUT2D eigenvalue weighted by Crippen LogP contribution is 2.22. The Balaban J connectivity index is 1.41. The van der Waals surface area contributed by atoms with Gasteiger partial charge in [0, 0.05) is 47.0 Å². The van der Waals surface area contributed by atoms with Crippen LogP contribution < -0.4 is 10.9 Å². The molecular weight excluding hydrogens is 472 g/mol. The number of carbonyl (C=O) groups excluding carboxylic acids is 2. The van der Waals surface area contributed by atoms with Gasteiger partial charge in [-0.25, -0.2) is 10.9 Å². The van der Waals surface area contributed by atoms with Crippen molar-refractivity contribution < 1.29 is 19.8 Å². The van der Waals surface area contributed by atoms with E-state index >= 15 is 0 Å². The zero-order valence-electron chi connectivity index (χ0n) is 19.4. The number of benzene rings is 2. The summed E-state index contributed by atoms with van der Waals surface area (Å²) in [5, 5.41) is 28.2. The smallest absolute Gasteiger partial charge is 0.271 e. The molecule has 0 spiro atoms. The molecule has 184 valence electrons. The predicted octanol–water partition coefficient (Wildman–Crippen LogP) is 3.01. The molecule has 0 radical (unpaired) electrons. The summed E-state index contributed by atoms with van der Waals surface area (Å²) in [7, 11) is 0. The van der Waals surface area contributed by atoms with E-state index in [0.717, 1.165) is 11.1 Å². The van der Waals surface area contributed by atoms with Gasteiger partial charge < -0.3 is 10.2 Å². The number of pyridine rings is 2. The first-order valence-corrected chi connectivity index (χ1v) is 11.1. The van der Waals surface area contributed by atoms with Crippen LogP contribution >= 0.6 is 0 Å². The van der Waals surface area contributed by atoms with E-state index in [1.807, 2.05) is 0 Å². The fraction of sp³-hybridized carbons (Fsp3) is 0.0370. The minimum atomic E-state index is -0.399. The molecule has 0 aliphatic carbocycles. The minimum Gasteiger partial charge on any atom is -0.507 e. The lowest BCUT2D eigenvalue weighted by atomic mass is 10.0. The zero-order chi connectivity index (χ0) is 26.0. The van der Waals surface area contributed by atoms with Gasteiger partial charge in [-0.15, -0.1) is 0 Å². The van der Waals surface area contributed by atoms with Crippen LogP contribution in [0, 0.1) is 0 Å². The van der Waals surface area contributed by atoms with Crippen LogP contribution in [0.15, 0.2) is 95.7 Å². The van der Waals surface area contributed by atoms with Crippen molar-refractivity contribution in [3.8, 4) is 11.5 Å². The van der Waals surface area contributed by atoms with Crippen molar-refractivity contribution in [1.29, 1.82) is 0 Å². The molecule has 2 aromatic carbocycles. The summed E-state index contributed by atoms with van der Waals surface area (Å²) in [4.78, 5) is 31.9. The first-order valence-electron chi connectivity index (χ1n) is 11.1. The summed E-state index contributed by atoms with van der Waals surface area (Å²) < 4.78 is 0. The Hall–Kier alpha value is -5.38. The van der Waals surface area contributed by atoms with Crippen molar-refractivity contribution in [3.05, 3.63) is 119 Å². The number of amides is 2. The third kappa shape index (κ3) is 6.83. The average molecular weight is 495 g/mol. The van der Waals surface area contributed by atoms with Crippen molar-refractivity contribution in [3.63, 3.8) is 0 Å². The maximum atomic E-state index is 12.1. The van der Waals surface area contributed by atoms with Gasteiger partial charge in [-0.3, -0.25) is 19.6 Å². The molecule has 10 heteroatoms. The van der Waals surface area contributed by atoms with Gasteiger partial charge in [0.05, 0.1) is 12.4 Å². The highest BCUT2D eigenvalue weighted by atomic mass is 16.3. The molecule has 2 heterocycles. The molecule has 4 aromatic rings. The van der Waals surface area contributed by atoms with E-state index in [-0.39, 0.29) is 11.5 Å². The zero-order valence-corrected chi connectivity index (χ0v) is 19.4. The van der Waals surface area contributed by atoms with Crippen LogP contribution in [0.3, 0.4) is 0 Å². The predicted molar refractivity (Wildman–Crippen MR) is 138 cm³/mol. The Kier molecular flexibility index (Phi) is 7.92. The van der Waals surface area contributed by atoms with Gasteiger partial charge in [-0.2, -0.15) is 10.2 Å². The lowest BCUT2D eigenvalue weighted by molar-refractivity contribution is 0.0947. The van der Waals surface area contributed by atoms with Gasteiger partial charge in [0.15, 0.2) is 0 Å². The lowest BCUT2D eigenvalue weighted by Gasteiger charge is -2.07. The maximum absolute atomic E-state index is 12.1. The average Bonchev–Trinajstić information content (AvgIpc) is 2.93. The van der Waals surface area contributed by atoms with Crippen molar-refractivity contribution in [2.75, 3.05) is 0 Å². The lowest BCUT2D eigenvalue weighted by Crippen LogP contribution is -2.17. The molecule has 4 rings (SSSR count). The molecule has 4 N–H and O–H groups in total. The number of phenols is 2. The molecule has 0 saturated carbocycles. The summed E-state index contributed by atoms with van der Waals surface area (Å²) in [6.45, 7) is 0. The fourth-order valence-electron chi connectivity index (χ4n) is 3.33. The van der Waals surface area contributed by atoms with Crippen molar-refractivity contribution >= 4 is 24.2 Å². The van der Waals surface area contributed by atoms with Gasteiger partial charge in [-0.1, -0.05) is 12.1 Å². The van der Waals surface area contributed by atoms with E-state index in [1.165, 1.54) is 37.2 Å². The number of hydrogen-bond acceptors (Lipinski definition) is 8. The molecule has 0 atom stereocenters. The van der Waals surface area contributed by atoms with Gasteiger partial charge in [-0.05, 0) is 66.1 Å². The van der Waals surface area contributed by atoms with E-state index in [1.54, 1.807) is 60.7 Å². The van der Waals surface area contributed by atoms with E-state index in [2.05, 4.69) is 31.0 Å². The molecular formula is C27H22N6O4. The Labute approximate surface area is 212 Å². The van der Waals surface area contributed by atoms with Crippen LogP contribution in [0.1, 0.15) is 43.0 Å². The second-order valence-electron chi connectivity index (χ2n) is 7.83. The van der Waals surface area contributed by atoms with Crippen LogP contribution in [0.5, 0.6) is 11.5 Å². The quantitative estimate of drug-likeness (QED) is 0.219. The topological polar surface area (TPSA) is 149 Å². The van der Waals surface area contributed by atoms with Crippen LogP contribution in [-0.4, -0.2) is 44.4 Å². The van der Waals surface area contributed by atoms with Crippen LogP contribution in [-0.2, 0) is 6.42 Å². The molecule has 2 amide bonds. The number of nitrogens with zero attached hydrogens (tertiary/aromatic N) is 4. The normalized spacial score (nSPS) is 11.0. The van der Waals surface area contributed by atoms with Gasteiger partial charge in [0.2, 0.25) is 0 Å². The summed E-state index contributed by atoms with van der Waals surface area (Å²) in [6, 6.07) is 16.3. The summed E-state index contributed by atoms with van der Waals surface area (Å²) in [5.74, 6) is -0.780. The van der Waals surface area contributed by atoms with Crippen molar-refractivity contribution in [2.45, 2.75) is 6.42 Å². The van der Waals surface area contributed by atoms with E-state index in [9.17, 15) is 19.8 Å². The Bertz CT molecular complexity index is 1350. The molecule has 0 unspecified atom stereocenters. The Morgan fingerprint density at radius 1 is 0.676 bits per heavy atom. The molecule has 0 saturated heterocycles. The molecule has 0 fully saturated rings. The van der Waals surface area contributed by atoms with Gasteiger partial charge in [0.1, 0.15) is 11.5 Å². The Morgan fingerprint density at radius 3 is 1.49 bits per heavy atom. The third-order valence-electron chi connectivity index (χ3n) is 5.22. The number of aromatic hydroxyl groups is 2. The largest absolute Gasteiger partial charge is 0.507 e. The molecule has 0 aliphatic rings. The van der Waals surface area contributed by atoms with Gasteiger partial charge in [0.25, 0.3) is 11.8 Å². The number of hydrogen-bond donors (Lipinski definition) is 4. The van der Waals surface area contributed by atoms with E-state index in [0.29, 0.717) is 28.7 Å². The standard InChI is InChI=1S/C27H22N6O4/c34-24-3-1-18(14-22(24)16-30-32-26(36)20-5-9-28-10-6-20)13-19-2-4-25(35)23(15-19)17-31-33-27(37)21-7-11-29-12-8-21/h1-12,14-17,34-35H,13H2,(H,32,36)(H,33,37)/b30-16+,31-17+. The molecule has 10 nitrogen and oxygen atoms in total. The first kappa shape index (κ1) is 24.7. The second kappa shape index (κ2) is 11.8. The van der Waals surface area contributed by atoms with Gasteiger partial charge >= 0.3 is 0 Å². The number of phenolic OH excluding ortho intramolecular Hbond substituents is 2. The van der Waals surface area contributed by atoms with Crippen LogP contribution in [0.25, 0.3) is 0 Å². The highest BCUT2D eigenvalue weighted by molar-refractivity contribution is 5.95. The fourth-order valence-corrected chi connectivity index (χ4v) is 3.33. The third-order valence-corrected chi connectivity index (χ3v) is 5.22. The summed E-state index contributed by atoms with van der Waals surface area (Å²) >= 11 is 0. The van der Waals surface area contributed by atoms with Crippen molar-refractivity contribution in [2.24, 2.45) is 10.2 Å². The molecule has 0 aliphatic heterocycles.